The van der Waals surface area contributed by atoms with Crippen LogP contribution in [-0.2, 0) is 0 Å². The number of benzene rings is 2. The summed E-state index contributed by atoms with van der Waals surface area (Å²) < 4.78 is 2.29. The lowest BCUT2D eigenvalue weighted by atomic mass is 9.89. The molecule has 3 rings (SSSR count). The van der Waals surface area contributed by atoms with Crippen LogP contribution in [0.2, 0.25) is 0 Å². The third-order valence-corrected chi connectivity index (χ3v) is 7.39. The Morgan fingerprint density at radius 1 is 0.738 bits per heavy atom. The molecule has 0 radical (unpaired) electrons. The summed E-state index contributed by atoms with van der Waals surface area (Å²) in [4.78, 5) is 0. The van der Waals surface area contributed by atoms with Crippen molar-refractivity contribution in [3.63, 3.8) is 0 Å². The Labute approximate surface area is 253 Å². The van der Waals surface area contributed by atoms with Crippen molar-refractivity contribution in [2.24, 2.45) is 0 Å². The van der Waals surface area contributed by atoms with Gasteiger partial charge < -0.3 is 4.57 Å². The van der Waals surface area contributed by atoms with Gasteiger partial charge in [0, 0.05) is 16.9 Å². The lowest BCUT2D eigenvalue weighted by molar-refractivity contribution is 1.04. The predicted octanol–water partition coefficient (Wildman–Crippen LogP) is 10.3. The van der Waals surface area contributed by atoms with E-state index in [0.717, 1.165) is 66.5 Å². The van der Waals surface area contributed by atoms with E-state index in [9.17, 15) is 0 Å². The second kappa shape index (κ2) is 14.7. The molecular weight excluding hydrogens is 506 g/mol. The van der Waals surface area contributed by atoms with Crippen LogP contribution < -0.4 is 10.4 Å². The van der Waals surface area contributed by atoms with E-state index in [2.05, 4.69) is 124 Å². The van der Waals surface area contributed by atoms with Gasteiger partial charge in [-0.2, -0.15) is 0 Å². The van der Waals surface area contributed by atoms with E-state index in [-0.39, 0.29) is 0 Å². The summed E-state index contributed by atoms with van der Waals surface area (Å²) >= 11 is 0. The van der Waals surface area contributed by atoms with E-state index in [1.807, 2.05) is 51.2 Å². The average Bonchev–Trinajstić information content (AvgIpc) is 3.26. The number of aromatic nitrogens is 1. The number of allylic oxidation sites excluding steroid dienone is 7. The van der Waals surface area contributed by atoms with E-state index in [1.54, 1.807) is 6.08 Å². The summed E-state index contributed by atoms with van der Waals surface area (Å²) in [6.45, 7) is 31.2. The zero-order valence-electron chi connectivity index (χ0n) is 25.9. The molecule has 0 N–H and O–H groups in total. The maximum Gasteiger partial charge on any atom is 0.0534 e. The van der Waals surface area contributed by atoms with Crippen molar-refractivity contribution in [1.82, 2.24) is 4.57 Å². The van der Waals surface area contributed by atoms with Crippen molar-refractivity contribution < 1.29 is 0 Å². The zero-order chi connectivity index (χ0) is 30.8. The molecule has 0 saturated carbocycles. The van der Waals surface area contributed by atoms with E-state index >= 15 is 0 Å². The van der Waals surface area contributed by atoms with Crippen LogP contribution in [0.3, 0.4) is 0 Å². The van der Waals surface area contributed by atoms with Gasteiger partial charge >= 0.3 is 0 Å². The van der Waals surface area contributed by atoms with Gasteiger partial charge in [-0.15, -0.1) is 0 Å². The predicted molar refractivity (Wildman–Crippen MR) is 193 cm³/mol. The summed E-state index contributed by atoms with van der Waals surface area (Å²) in [5.74, 6) is 0. The Morgan fingerprint density at radius 3 is 2.00 bits per heavy atom. The first kappa shape index (κ1) is 31.6. The summed E-state index contributed by atoms with van der Waals surface area (Å²) in [7, 11) is 0. The number of nitrogens with zero attached hydrogens (tertiary/aromatic N) is 1. The van der Waals surface area contributed by atoms with Gasteiger partial charge in [0.15, 0.2) is 0 Å². The van der Waals surface area contributed by atoms with Gasteiger partial charge in [0.1, 0.15) is 0 Å². The molecule has 42 heavy (non-hydrogen) atoms. The Morgan fingerprint density at radius 2 is 1.40 bits per heavy atom. The largest absolute Gasteiger partial charge is 0.310 e. The van der Waals surface area contributed by atoms with Gasteiger partial charge in [-0.05, 0) is 108 Å². The van der Waals surface area contributed by atoms with Crippen LogP contribution in [0.1, 0.15) is 78.0 Å². The second-order valence-electron chi connectivity index (χ2n) is 9.97. The topological polar surface area (TPSA) is 4.93 Å². The molecule has 212 valence electrons. The Hall–Kier alpha value is -4.88. The SMILES string of the molecule is C=C/C=C\c1c(C)c(C=C)c(/C=C\C)n1-c1cccc(/C(C)=C/c2c(C=C)c(C=C)c(/C=C\C)/c(=C/C=C\C)c2=C)c1. The van der Waals surface area contributed by atoms with Gasteiger partial charge in [-0.1, -0.05) is 118 Å². The van der Waals surface area contributed by atoms with Crippen LogP contribution >= 0.6 is 0 Å². The van der Waals surface area contributed by atoms with Crippen LogP contribution in [-0.4, -0.2) is 4.57 Å². The maximum absolute atomic E-state index is 4.54. The van der Waals surface area contributed by atoms with E-state index < -0.39 is 0 Å². The van der Waals surface area contributed by atoms with Crippen LogP contribution in [0.5, 0.6) is 0 Å². The summed E-state index contributed by atoms with van der Waals surface area (Å²) in [6, 6.07) is 8.65. The highest BCUT2D eigenvalue weighted by molar-refractivity contribution is 5.88. The number of hydrogen-bond acceptors (Lipinski definition) is 0. The third kappa shape index (κ3) is 6.21. The monoisotopic (exact) mass is 549 g/mol. The molecule has 1 aromatic heterocycles. The fraction of sp³-hybridized carbons (Fsp3) is 0.122. The van der Waals surface area contributed by atoms with Crippen LogP contribution in [0.25, 0.3) is 66.4 Å². The normalized spacial score (nSPS) is 12.8. The Kier molecular flexibility index (Phi) is 11.0. The smallest absolute Gasteiger partial charge is 0.0534 e. The minimum Gasteiger partial charge on any atom is -0.310 e. The molecule has 0 amide bonds. The van der Waals surface area contributed by atoms with Gasteiger partial charge in [0.05, 0.1) is 5.69 Å². The first-order valence-electron chi connectivity index (χ1n) is 14.3. The highest BCUT2D eigenvalue weighted by Gasteiger charge is 2.17. The van der Waals surface area contributed by atoms with Gasteiger partial charge in [0.25, 0.3) is 0 Å². The molecule has 0 unspecified atom stereocenters. The number of rotatable bonds is 11. The Bertz CT molecular complexity index is 1790. The molecule has 0 aliphatic carbocycles. The van der Waals surface area contributed by atoms with E-state index in [1.165, 1.54) is 5.56 Å². The van der Waals surface area contributed by atoms with Crippen molar-refractivity contribution in [3.05, 3.63) is 148 Å². The van der Waals surface area contributed by atoms with Crippen molar-refractivity contribution >= 4 is 60.8 Å². The standard InChI is InChI=1S/C41H43N/c1-11-18-25-37-30(9)39(36(17-7)35(16-6)38(37)21-13-3)27-29(8)32-23-20-24-33(28-32)42-40(26-19-12-2)31(10)34(15-5)41(42)22-14-4/h11-28H,2,5-7,9H2,1,3-4,8,10H3/b18-11-,21-13-,22-14-,26-19-,29-27+,37-25+. The lowest BCUT2D eigenvalue weighted by Crippen LogP contribution is -2.31. The molecule has 1 heteroatoms. The third-order valence-electron chi connectivity index (χ3n) is 7.39. The molecule has 0 fully saturated rings. The molecule has 0 aliphatic rings. The first-order chi connectivity index (χ1) is 20.3. The van der Waals surface area contributed by atoms with Crippen LogP contribution in [0.15, 0.2) is 87.0 Å². The molecule has 1 heterocycles. The molecule has 0 spiro atoms. The molecule has 3 aromatic rings. The van der Waals surface area contributed by atoms with Crippen LogP contribution in [0, 0.1) is 6.92 Å². The quantitative estimate of drug-likeness (QED) is 0.166. The molecule has 0 atom stereocenters. The summed E-state index contributed by atoms with van der Waals surface area (Å²) in [5.41, 5.74) is 12.0. The fourth-order valence-electron chi connectivity index (χ4n) is 5.39. The van der Waals surface area contributed by atoms with Gasteiger partial charge in [0.2, 0.25) is 0 Å². The average molecular weight is 550 g/mol. The number of hydrogen-bond donors (Lipinski definition) is 0. The molecule has 0 aliphatic heterocycles. The summed E-state index contributed by atoms with van der Waals surface area (Å²) in [5, 5.41) is 2.04. The minimum absolute atomic E-state index is 0.959. The second-order valence-corrected chi connectivity index (χ2v) is 9.97. The van der Waals surface area contributed by atoms with Gasteiger partial charge in [-0.3, -0.25) is 0 Å². The molecule has 1 nitrogen and oxygen atoms in total. The van der Waals surface area contributed by atoms with Crippen molar-refractivity contribution in [1.29, 1.82) is 0 Å². The van der Waals surface area contributed by atoms with Crippen molar-refractivity contribution in [2.45, 2.75) is 34.6 Å². The van der Waals surface area contributed by atoms with Crippen LogP contribution in [0.4, 0.5) is 0 Å². The van der Waals surface area contributed by atoms with Gasteiger partial charge in [-0.25, -0.2) is 0 Å². The first-order valence-corrected chi connectivity index (χ1v) is 14.3. The molecular formula is C41H43N. The molecule has 0 saturated heterocycles. The molecule has 0 bridgehead atoms. The van der Waals surface area contributed by atoms with E-state index in [4.69, 9.17) is 0 Å². The highest BCUT2D eigenvalue weighted by Crippen LogP contribution is 2.31. The Balaban J connectivity index is 2.36. The summed E-state index contributed by atoms with van der Waals surface area (Å²) in [6.07, 6.45) is 28.5. The zero-order valence-corrected chi connectivity index (χ0v) is 25.9. The molecule has 2 aromatic carbocycles. The van der Waals surface area contributed by atoms with Crippen molar-refractivity contribution in [2.75, 3.05) is 0 Å². The fourth-order valence-corrected chi connectivity index (χ4v) is 5.39. The lowest BCUT2D eigenvalue weighted by Gasteiger charge is -2.15. The van der Waals surface area contributed by atoms with Crippen molar-refractivity contribution in [3.8, 4) is 5.69 Å². The van der Waals surface area contributed by atoms with E-state index in [0.29, 0.717) is 0 Å². The minimum atomic E-state index is 0.959. The highest BCUT2D eigenvalue weighted by atomic mass is 15.0. The maximum atomic E-state index is 4.54.